The second-order valence-electron chi connectivity index (χ2n) is 15.1. The van der Waals surface area contributed by atoms with Gasteiger partial charge in [0.2, 0.25) is 0 Å². The number of aromatic nitrogens is 9. The molecule has 2 aromatic carbocycles. The van der Waals surface area contributed by atoms with Crippen LogP contribution in [0.5, 0.6) is 11.5 Å². The van der Waals surface area contributed by atoms with Crippen LogP contribution in [0, 0.1) is 0 Å². The van der Waals surface area contributed by atoms with Gasteiger partial charge in [-0.1, -0.05) is 11.6 Å². The minimum Gasteiger partial charge on any atom is -0.497 e. The Kier molecular flexibility index (Phi) is 17.5. The number of benzene rings is 2. The van der Waals surface area contributed by atoms with Crippen molar-refractivity contribution in [1.29, 1.82) is 0 Å². The van der Waals surface area contributed by atoms with Crippen LogP contribution in [0.15, 0.2) is 196 Å². The Hall–Kier alpha value is -9.94. The van der Waals surface area contributed by atoms with Crippen LogP contribution in [0.1, 0.15) is 31.1 Å². The summed E-state index contributed by atoms with van der Waals surface area (Å²) in [6, 6.07) is 36.1. The molecule has 0 atom stereocenters. The normalized spacial score (nSPS) is 10.2. The van der Waals surface area contributed by atoms with Crippen LogP contribution in [0.4, 0.5) is 11.4 Å². The van der Waals surface area contributed by atoms with E-state index in [9.17, 15) is 14.4 Å². The molecule has 19 heteroatoms. The van der Waals surface area contributed by atoms with Crippen molar-refractivity contribution in [2.75, 3.05) is 32.4 Å². The molecule has 366 valence electrons. The number of carboxylic acid groups (broad SMARTS) is 1. The van der Waals surface area contributed by atoms with E-state index in [0.29, 0.717) is 27.8 Å². The van der Waals surface area contributed by atoms with Crippen LogP contribution >= 0.6 is 11.6 Å². The van der Waals surface area contributed by atoms with Gasteiger partial charge in [0, 0.05) is 83.3 Å². The first kappa shape index (κ1) is 50.9. The average Bonchev–Trinajstić information content (AvgIpc) is 4.22. The number of methoxy groups -OCH3 is 3. The Balaban J connectivity index is 0.000000144. The molecule has 0 saturated carbocycles. The summed E-state index contributed by atoms with van der Waals surface area (Å²) in [6.45, 7) is 0. The number of carboxylic acids is 1. The Bertz CT molecular complexity index is 3500. The summed E-state index contributed by atoms with van der Waals surface area (Å²) in [5.74, 6) is 1.37. The topological polar surface area (TPSA) is 240 Å². The average molecular weight is 996 g/mol. The molecule has 11 rings (SSSR count). The van der Waals surface area contributed by atoms with Crippen molar-refractivity contribution < 1.29 is 33.7 Å². The maximum absolute atomic E-state index is 12.4. The van der Waals surface area contributed by atoms with Crippen molar-refractivity contribution in [3.8, 4) is 23.1 Å². The maximum atomic E-state index is 12.4. The summed E-state index contributed by atoms with van der Waals surface area (Å²) in [5, 5.41) is 15.4. The fourth-order valence-electron chi connectivity index (χ4n) is 6.65. The summed E-state index contributed by atoms with van der Waals surface area (Å²) < 4.78 is 18.3. The van der Waals surface area contributed by atoms with Crippen LogP contribution in [-0.4, -0.2) is 88.3 Å². The van der Waals surface area contributed by atoms with Gasteiger partial charge in [-0.15, -0.1) is 0 Å². The van der Waals surface area contributed by atoms with Gasteiger partial charge in [0.1, 0.15) is 28.3 Å². The lowest BCUT2D eigenvalue weighted by molar-refractivity contribution is 0.0599. The Labute approximate surface area is 422 Å². The second kappa shape index (κ2) is 25.1. The Morgan fingerprint density at radius 3 is 1.59 bits per heavy atom. The number of nitrogens with zero attached hydrogens (tertiary/aromatic N) is 8. The number of nitrogen functional groups attached to an aromatic ring is 1. The number of anilines is 2. The third-order valence-electron chi connectivity index (χ3n) is 10.5. The molecule has 18 nitrogen and oxygen atoms in total. The lowest BCUT2D eigenvalue weighted by Crippen LogP contribution is -2.12. The third kappa shape index (κ3) is 13.9. The molecule has 1 amide bonds. The SMILES string of the molecule is COC(=O)c1ccc(Cl)nc1.COc1ccc(N)cc1.COc1ccc(NC(=O)c2ccc(-n3ccc4ccncc43)nc2)cc1.O=C(O)c1ccc(-n2ccc3ccncc32)nc1.c1cc2cc[nH]c2cn1. The first-order chi connectivity index (χ1) is 35.5. The van der Waals surface area contributed by atoms with Crippen molar-refractivity contribution in [2.24, 2.45) is 0 Å². The van der Waals surface area contributed by atoms with Gasteiger partial charge in [-0.05, 0) is 121 Å². The number of carbonyl (C=O) groups excluding carboxylic acids is 2. The number of amides is 1. The van der Waals surface area contributed by atoms with Crippen molar-refractivity contribution in [2.45, 2.75) is 0 Å². The molecule has 73 heavy (non-hydrogen) atoms. The van der Waals surface area contributed by atoms with Crippen molar-refractivity contribution >= 4 is 73.5 Å². The lowest BCUT2D eigenvalue weighted by Gasteiger charge is -2.08. The Morgan fingerprint density at radius 2 is 1.10 bits per heavy atom. The van der Waals surface area contributed by atoms with E-state index >= 15 is 0 Å². The molecule has 9 aromatic heterocycles. The molecule has 0 aliphatic carbocycles. The Morgan fingerprint density at radius 1 is 0.575 bits per heavy atom. The first-order valence-electron chi connectivity index (χ1n) is 21.9. The van der Waals surface area contributed by atoms with Crippen LogP contribution in [-0.2, 0) is 4.74 Å². The van der Waals surface area contributed by atoms with E-state index in [1.54, 1.807) is 106 Å². The van der Waals surface area contributed by atoms with E-state index in [4.69, 9.17) is 31.9 Å². The van der Waals surface area contributed by atoms with Gasteiger partial charge >= 0.3 is 11.9 Å². The molecule has 0 saturated heterocycles. The highest BCUT2D eigenvalue weighted by Gasteiger charge is 2.10. The number of aromatic amines is 1. The standard InChI is InChI=1S/C20H16N4O2.C13H9N3O2.C7H6ClNO2.C7H6N2.C7H9NO/c1-26-17-5-3-16(4-6-17)23-20(25)15-2-7-19(22-12-15)24-11-9-14-8-10-21-13-18(14)24;17-13(18)10-1-2-12(15-7-10)16-6-4-9-3-5-14-8-11(9)16;1-11-7(10)5-2-3-6(8)9-4-5;1-3-8-5-7-6(1)2-4-9-7;1-9-7-4-2-6(8)3-5-7/h2-13H,1H3,(H,23,25);1-8H,(H,17,18);2-4H,1H3;1-5,9H;2-5H,8H2,1H3. The number of halogens is 1. The number of hydrogen-bond acceptors (Lipinski definition) is 13. The van der Waals surface area contributed by atoms with E-state index in [1.807, 2.05) is 88.5 Å². The van der Waals surface area contributed by atoms with Gasteiger partial charge < -0.3 is 35.4 Å². The number of rotatable bonds is 8. The number of aromatic carboxylic acids is 1. The fraction of sp³-hybridized carbons (Fsp3) is 0.0556. The van der Waals surface area contributed by atoms with E-state index in [1.165, 1.54) is 37.0 Å². The van der Waals surface area contributed by atoms with Crippen LogP contribution in [0.2, 0.25) is 5.15 Å². The smallest absolute Gasteiger partial charge is 0.339 e. The molecule has 0 radical (unpaired) electrons. The van der Waals surface area contributed by atoms with E-state index in [0.717, 1.165) is 50.3 Å². The van der Waals surface area contributed by atoms with E-state index in [2.05, 4.69) is 44.9 Å². The number of pyridine rings is 6. The molecule has 9 heterocycles. The molecule has 0 bridgehead atoms. The molecule has 0 unspecified atom stereocenters. The number of H-pyrrole nitrogens is 1. The van der Waals surface area contributed by atoms with Crippen molar-refractivity contribution in [3.63, 3.8) is 0 Å². The zero-order valence-electron chi connectivity index (χ0n) is 39.4. The molecular formula is C54H46ClN11O7. The van der Waals surface area contributed by atoms with Crippen molar-refractivity contribution in [1.82, 2.24) is 44.0 Å². The summed E-state index contributed by atoms with van der Waals surface area (Å²) in [7, 11) is 4.55. The first-order valence-corrected chi connectivity index (χ1v) is 22.3. The molecule has 0 spiro atoms. The van der Waals surface area contributed by atoms with E-state index in [-0.39, 0.29) is 11.5 Å². The molecule has 11 aromatic rings. The molecular weight excluding hydrogens is 950 g/mol. The molecule has 5 N–H and O–H groups in total. The van der Waals surface area contributed by atoms with E-state index < -0.39 is 11.9 Å². The van der Waals surface area contributed by atoms with Crippen molar-refractivity contribution in [3.05, 3.63) is 218 Å². The highest BCUT2D eigenvalue weighted by atomic mass is 35.5. The predicted molar refractivity (Wildman–Crippen MR) is 280 cm³/mol. The third-order valence-corrected chi connectivity index (χ3v) is 10.7. The van der Waals surface area contributed by atoms with Crippen LogP contribution < -0.4 is 20.5 Å². The molecule has 0 aliphatic rings. The highest BCUT2D eigenvalue weighted by Crippen LogP contribution is 2.21. The van der Waals surface area contributed by atoms with Crippen LogP contribution in [0.25, 0.3) is 44.3 Å². The zero-order valence-corrected chi connectivity index (χ0v) is 40.2. The zero-order chi connectivity index (χ0) is 51.5. The summed E-state index contributed by atoms with van der Waals surface area (Å²) in [5.41, 5.74) is 10.9. The minimum absolute atomic E-state index is 0.174. The second-order valence-corrected chi connectivity index (χ2v) is 15.5. The predicted octanol–water partition coefficient (Wildman–Crippen LogP) is 10.2. The maximum Gasteiger partial charge on any atom is 0.339 e. The number of hydrogen-bond donors (Lipinski definition) is 4. The summed E-state index contributed by atoms with van der Waals surface area (Å²) in [6.07, 6.45) is 20.6. The number of ether oxygens (including phenoxy) is 3. The minimum atomic E-state index is -0.979. The quantitative estimate of drug-likeness (QED) is 0.0629. The van der Waals surface area contributed by atoms with Gasteiger partial charge in [0.25, 0.3) is 5.91 Å². The van der Waals surface area contributed by atoms with Gasteiger partial charge in [-0.25, -0.2) is 24.5 Å². The van der Waals surface area contributed by atoms with Crippen LogP contribution in [0.3, 0.4) is 0 Å². The fourth-order valence-corrected chi connectivity index (χ4v) is 6.77. The number of carbonyl (C=O) groups is 3. The molecule has 0 fully saturated rings. The van der Waals surface area contributed by atoms with Gasteiger partial charge in [-0.2, -0.15) is 0 Å². The largest absolute Gasteiger partial charge is 0.497 e. The lowest BCUT2D eigenvalue weighted by atomic mass is 10.2. The summed E-state index contributed by atoms with van der Waals surface area (Å²) >= 11 is 5.50. The number of nitrogens with two attached hydrogens (primary N) is 1. The number of fused-ring (bicyclic) bond motifs is 3. The molecule has 0 aliphatic heterocycles. The van der Waals surface area contributed by atoms with Gasteiger partial charge in [0.15, 0.2) is 0 Å². The highest BCUT2D eigenvalue weighted by molar-refractivity contribution is 6.29. The van der Waals surface area contributed by atoms with Gasteiger partial charge in [0.05, 0.1) is 73.2 Å². The number of esters is 1. The summed E-state index contributed by atoms with van der Waals surface area (Å²) in [4.78, 5) is 61.5. The van der Waals surface area contributed by atoms with Gasteiger partial charge in [-0.3, -0.25) is 28.9 Å². The number of nitrogens with one attached hydrogen (secondary N) is 2. The monoisotopic (exact) mass is 995 g/mol.